The van der Waals surface area contributed by atoms with Crippen LogP contribution in [-0.2, 0) is 16.1 Å². The van der Waals surface area contributed by atoms with Crippen LogP contribution < -0.4 is 10.1 Å². The summed E-state index contributed by atoms with van der Waals surface area (Å²) in [5.41, 5.74) is -0.0532. The van der Waals surface area contributed by atoms with E-state index in [-0.39, 0.29) is 24.2 Å². The van der Waals surface area contributed by atoms with Gasteiger partial charge in [0.15, 0.2) is 0 Å². The third kappa shape index (κ3) is 5.23. The summed E-state index contributed by atoms with van der Waals surface area (Å²) in [5.74, 6) is 0.620. The number of piperidine rings is 1. The maximum absolute atomic E-state index is 11.4. The summed E-state index contributed by atoms with van der Waals surface area (Å²) in [6.07, 6.45) is 2.27. The number of nitrogens with one attached hydrogen (secondary N) is 1. The first-order chi connectivity index (χ1) is 13.3. The van der Waals surface area contributed by atoms with Crippen LogP contribution in [0.2, 0.25) is 0 Å². The number of ether oxygens (including phenoxy) is 2. The van der Waals surface area contributed by atoms with Crippen molar-refractivity contribution in [2.75, 3.05) is 32.9 Å². The molecular weight excluding hydrogens is 360 g/mol. The molecule has 0 aromatic heterocycles. The van der Waals surface area contributed by atoms with Crippen LogP contribution in [0.25, 0.3) is 0 Å². The van der Waals surface area contributed by atoms with Gasteiger partial charge in [0.1, 0.15) is 12.4 Å². The predicted molar refractivity (Wildman–Crippen MR) is 105 cm³/mol. The zero-order valence-corrected chi connectivity index (χ0v) is 16.8. The van der Waals surface area contributed by atoms with Gasteiger partial charge in [-0.25, -0.2) is 0 Å². The molecule has 7 nitrogen and oxygen atoms in total. The molecule has 1 aromatic carbocycles. The average Bonchev–Trinajstić information content (AvgIpc) is 2.65. The Kier molecular flexibility index (Phi) is 6.60. The molecule has 2 aliphatic rings. The molecule has 0 bridgehead atoms. The number of carbonyl (C=O) groups excluding carboxylic acids is 1. The van der Waals surface area contributed by atoms with Crippen molar-refractivity contribution >= 4 is 5.91 Å². The van der Waals surface area contributed by atoms with Gasteiger partial charge in [0, 0.05) is 33.0 Å². The number of rotatable bonds is 6. The maximum Gasteiger partial charge on any atom is 0.217 e. The molecule has 0 unspecified atom stereocenters. The molecule has 28 heavy (non-hydrogen) atoms. The monoisotopic (exact) mass is 392 g/mol. The zero-order valence-electron chi connectivity index (χ0n) is 16.8. The van der Waals surface area contributed by atoms with Gasteiger partial charge >= 0.3 is 0 Å². The van der Waals surface area contributed by atoms with Crippen LogP contribution in [0.4, 0.5) is 0 Å². The number of aliphatic hydroxyl groups excluding tert-OH is 1. The van der Waals surface area contributed by atoms with E-state index in [1.165, 1.54) is 12.5 Å². The molecule has 7 heteroatoms. The summed E-state index contributed by atoms with van der Waals surface area (Å²) < 4.78 is 11.6. The Morgan fingerprint density at radius 1 is 1.32 bits per heavy atom. The van der Waals surface area contributed by atoms with E-state index in [0.717, 1.165) is 38.2 Å². The standard InChI is InChI=1S/C21H32N2O5/c1-16(25)22-19-14-28-21(15-20(19,2)26)7-9-23(10-8-21)13-17-3-5-18(6-4-17)27-12-11-24/h3-6,19,24,26H,7-15H2,1-2H3,(H,22,25)/t19-,20-/m0/s1. The van der Waals surface area contributed by atoms with Crippen LogP contribution in [0.3, 0.4) is 0 Å². The zero-order chi connectivity index (χ0) is 20.2. The lowest BCUT2D eigenvalue weighted by Gasteiger charge is -2.51. The Balaban J connectivity index is 1.51. The summed E-state index contributed by atoms with van der Waals surface area (Å²) in [7, 11) is 0. The first-order valence-corrected chi connectivity index (χ1v) is 10.0. The quantitative estimate of drug-likeness (QED) is 0.671. The van der Waals surface area contributed by atoms with Crippen molar-refractivity contribution in [2.45, 2.75) is 56.9 Å². The van der Waals surface area contributed by atoms with Crippen LogP contribution in [0.5, 0.6) is 5.75 Å². The fourth-order valence-corrected chi connectivity index (χ4v) is 4.26. The molecule has 0 aliphatic carbocycles. The molecule has 2 fully saturated rings. The van der Waals surface area contributed by atoms with Gasteiger partial charge in [-0.1, -0.05) is 12.1 Å². The smallest absolute Gasteiger partial charge is 0.217 e. The van der Waals surface area contributed by atoms with Gasteiger partial charge in [-0.2, -0.15) is 0 Å². The first-order valence-electron chi connectivity index (χ1n) is 10.0. The number of hydrogen-bond donors (Lipinski definition) is 3. The van der Waals surface area contributed by atoms with E-state index >= 15 is 0 Å². The van der Waals surface area contributed by atoms with Crippen molar-refractivity contribution in [2.24, 2.45) is 0 Å². The number of likely N-dealkylation sites (tertiary alicyclic amines) is 1. The van der Waals surface area contributed by atoms with Gasteiger partial charge in [-0.15, -0.1) is 0 Å². The number of hydrogen-bond acceptors (Lipinski definition) is 6. The lowest BCUT2D eigenvalue weighted by Crippen LogP contribution is -2.63. The lowest BCUT2D eigenvalue weighted by atomic mass is 9.75. The number of benzene rings is 1. The summed E-state index contributed by atoms with van der Waals surface area (Å²) in [6.45, 7) is 6.60. The van der Waals surface area contributed by atoms with Crippen molar-refractivity contribution in [3.63, 3.8) is 0 Å². The van der Waals surface area contributed by atoms with Crippen LogP contribution >= 0.6 is 0 Å². The second-order valence-electron chi connectivity index (χ2n) is 8.27. The van der Waals surface area contributed by atoms with E-state index in [2.05, 4.69) is 22.3 Å². The molecule has 0 saturated carbocycles. The first kappa shape index (κ1) is 21.0. The van der Waals surface area contributed by atoms with Gasteiger partial charge < -0.3 is 25.0 Å². The highest BCUT2D eigenvalue weighted by molar-refractivity contribution is 5.73. The Morgan fingerprint density at radius 2 is 2.00 bits per heavy atom. The molecule has 2 heterocycles. The van der Waals surface area contributed by atoms with Gasteiger partial charge in [0.2, 0.25) is 5.91 Å². The second kappa shape index (κ2) is 8.78. The average molecular weight is 392 g/mol. The molecule has 3 rings (SSSR count). The van der Waals surface area contributed by atoms with E-state index < -0.39 is 5.60 Å². The Labute approximate surface area is 166 Å². The minimum atomic E-state index is -0.962. The highest BCUT2D eigenvalue weighted by Crippen LogP contribution is 2.39. The number of nitrogens with zero attached hydrogens (tertiary/aromatic N) is 1. The van der Waals surface area contributed by atoms with Gasteiger partial charge in [0.05, 0.1) is 30.5 Å². The molecule has 2 saturated heterocycles. The van der Waals surface area contributed by atoms with Gasteiger partial charge in [0.25, 0.3) is 0 Å². The van der Waals surface area contributed by atoms with E-state index in [0.29, 0.717) is 19.6 Å². The van der Waals surface area contributed by atoms with Crippen molar-refractivity contribution in [1.82, 2.24) is 10.2 Å². The lowest BCUT2D eigenvalue weighted by molar-refractivity contribution is -0.189. The van der Waals surface area contributed by atoms with Crippen LogP contribution in [0.1, 0.15) is 38.7 Å². The Bertz CT molecular complexity index is 653. The molecule has 2 aliphatic heterocycles. The second-order valence-corrected chi connectivity index (χ2v) is 8.27. The number of amides is 1. The normalized spacial score (nSPS) is 27.5. The third-order valence-electron chi connectivity index (χ3n) is 5.82. The molecular formula is C21H32N2O5. The van der Waals surface area contributed by atoms with Crippen LogP contribution in [0, 0.1) is 0 Å². The highest BCUT2D eigenvalue weighted by Gasteiger charge is 2.49. The fourth-order valence-electron chi connectivity index (χ4n) is 4.26. The molecule has 1 amide bonds. The van der Waals surface area contributed by atoms with Gasteiger partial charge in [-0.3, -0.25) is 9.69 Å². The third-order valence-corrected chi connectivity index (χ3v) is 5.82. The van der Waals surface area contributed by atoms with Gasteiger partial charge in [-0.05, 0) is 37.5 Å². The summed E-state index contributed by atoms with van der Waals surface area (Å²) in [6, 6.07) is 7.61. The summed E-state index contributed by atoms with van der Waals surface area (Å²) in [5, 5.41) is 22.5. The predicted octanol–water partition coefficient (Wildman–Crippen LogP) is 1.07. The molecule has 3 N–H and O–H groups in total. The van der Waals surface area contributed by atoms with Crippen LogP contribution in [0.15, 0.2) is 24.3 Å². The largest absolute Gasteiger partial charge is 0.491 e. The highest BCUT2D eigenvalue weighted by atomic mass is 16.5. The minimum Gasteiger partial charge on any atom is -0.491 e. The molecule has 156 valence electrons. The molecule has 2 atom stereocenters. The summed E-state index contributed by atoms with van der Waals surface area (Å²) in [4.78, 5) is 13.7. The topological polar surface area (TPSA) is 91.3 Å². The fraction of sp³-hybridized carbons (Fsp3) is 0.667. The number of aliphatic hydroxyl groups is 2. The van der Waals surface area contributed by atoms with E-state index in [9.17, 15) is 9.90 Å². The number of carbonyl (C=O) groups is 1. The van der Waals surface area contributed by atoms with Crippen molar-refractivity contribution in [3.05, 3.63) is 29.8 Å². The van der Waals surface area contributed by atoms with E-state index in [1.807, 2.05) is 12.1 Å². The van der Waals surface area contributed by atoms with Crippen molar-refractivity contribution in [1.29, 1.82) is 0 Å². The SMILES string of the molecule is CC(=O)N[C@H]1COC2(CCN(Cc3ccc(OCCO)cc3)CC2)C[C@]1(C)O. The summed E-state index contributed by atoms with van der Waals surface area (Å²) >= 11 is 0. The van der Waals surface area contributed by atoms with Crippen molar-refractivity contribution < 1.29 is 24.5 Å². The van der Waals surface area contributed by atoms with Crippen molar-refractivity contribution in [3.8, 4) is 5.75 Å². The van der Waals surface area contributed by atoms with E-state index in [4.69, 9.17) is 14.6 Å². The minimum absolute atomic E-state index is 0.0117. The van der Waals surface area contributed by atoms with Crippen LogP contribution in [-0.4, -0.2) is 71.2 Å². The maximum atomic E-state index is 11.4. The Hall–Kier alpha value is -1.67. The Morgan fingerprint density at radius 3 is 2.57 bits per heavy atom. The molecule has 1 spiro atoms. The van der Waals surface area contributed by atoms with E-state index in [1.54, 1.807) is 6.92 Å². The molecule has 0 radical (unpaired) electrons. The molecule has 1 aromatic rings.